The van der Waals surface area contributed by atoms with Gasteiger partial charge in [0.15, 0.2) is 0 Å². The molecule has 0 aliphatic carbocycles. The Morgan fingerprint density at radius 3 is 2.28 bits per heavy atom. The van der Waals surface area contributed by atoms with Gasteiger partial charge in [0.05, 0.1) is 10.3 Å². The van der Waals surface area contributed by atoms with Gasteiger partial charge >= 0.3 is 12.1 Å². The minimum absolute atomic E-state index is 0.106. The number of nitro benzene ring substituents is 1. The van der Waals surface area contributed by atoms with E-state index in [1.165, 1.54) is 6.07 Å². The largest absolute Gasteiger partial charge is 0.453 e. The average Bonchev–Trinajstić information content (AvgIpc) is 2.62. The number of non-ortho nitro benzene ring substituents is 1. The van der Waals surface area contributed by atoms with Crippen molar-refractivity contribution in [3.8, 4) is 17.2 Å². The smallest absolute Gasteiger partial charge is 0.449 e. The van der Waals surface area contributed by atoms with Gasteiger partial charge < -0.3 is 13.9 Å². The molecule has 1 heterocycles. The number of benzene rings is 2. The van der Waals surface area contributed by atoms with Crippen molar-refractivity contribution in [2.45, 2.75) is 13.1 Å². The van der Waals surface area contributed by atoms with E-state index < -0.39 is 39.6 Å². The Kier molecular flexibility index (Phi) is 4.97. The van der Waals surface area contributed by atoms with E-state index in [4.69, 9.17) is 13.9 Å². The van der Waals surface area contributed by atoms with Crippen molar-refractivity contribution < 1.29 is 36.8 Å². The first-order valence-corrected chi connectivity index (χ1v) is 7.85. The number of rotatable bonds is 4. The average molecular weight is 409 g/mol. The molecule has 0 aliphatic rings. The van der Waals surface area contributed by atoms with E-state index in [-0.39, 0.29) is 22.6 Å². The first-order valence-electron chi connectivity index (χ1n) is 7.85. The minimum atomic E-state index is -5.08. The summed E-state index contributed by atoms with van der Waals surface area (Å²) in [4.78, 5) is 33.6. The molecule has 0 saturated heterocycles. The zero-order valence-electron chi connectivity index (χ0n) is 14.5. The Bertz CT molecular complexity index is 1170. The number of carbonyl (C=O) groups excluding carboxylic acids is 1. The van der Waals surface area contributed by atoms with Gasteiger partial charge in [-0.3, -0.25) is 19.7 Å². The van der Waals surface area contributed by atoms with Crippen molar-refractivity contribution in [3.63, 3.8) is 0 Å². The third kappa shape index (κ3) is 4.18. The number of alkyl halides is 3. The molecule has 0 unspecified atom stereocenters. The van der Waals surface area contributed by atoms with Gasteiger partial charge in [0.25, 0.3) is 11.4 Å². The Balaban J connectivity index is 2.14. The van der Waals surface area contributed by atoms with Crippen LogP contribution in [0.5, 0.6) is 17.2 Å². The summed E-state index contributed by atoms with van der Waals surface area (Å²) in [6.45, 7) is 1.10. The van der Waals surface area contributed by atoms with Gasteiger partial charge in [-0.15, -0.1) is 0 Å². The molecule has 3 aromatic rings. The zero-order chi connectivity index (χ0) is 21.3. The zero-order valence-corrected chi connectivity index (χ0v) is 14.5. The van der Waals surface area contributed by atoms with E-state index in [9.17, 15) is 32.9 Å². The fourth-order valence-corrected chi connectivity index (χ4v) is 2.42. The van der Waals surface area contributed by atoms with Crippen LogP contribution in [0.25, 0.3) is 11.0 Å². The minimum Gasteiger partial charge on any atom is -0.449 e. The maximum Gasteiger partial charge on any atom is 0.453 e. The quantitative estimate of drug-likeness (QED) is 0.271. The van der Waals surface area contributed by atoms with Crippen LogP contribution >= 0.6 is 0 Å². The molecule has 0 spiro atoms. The molecule has 150 valence electrons. The molecule has 0 radical (unpaired) electrons. The van der Waals surface area contributed by atoms with E-state index >= 15 is 0 Å². The number of nitrogens with zero attached hydrogens (tertiary/aromatic N) is 1. The third-order valence-electron chi connectivity index (χ3n) is 3.61. The number of esters is 1. The summed E-state index contributed by atoms with van der Waals surface area (Å²) in [6, 6.07) is 7.43. The SMILES string of the molecule is CC(=O)Oc1ccc2c(=O)c(Oc3ccc([N+](=O)[O-])cc3)c(C(F)(F)F)oc2c1. The lowest BCUT2D eigenvalue weighted by atomic mass is 10.2. The van der Waals surface area contributed by atoms with Gasteiger partial charge in [-0.1, -0.05) is 0 Å². The van der Waals surface area contributed by atoms with Gasteiger partial charge in [-0.25, -0.2) is 0 Å². The van der Waals surface area contributed by atoms with Gasteiger partial charge in [-0.05, 0) is 24.3 Å². The molecule has 0 saturated carbocycles. The van der Waals surface area contributed by atoms with Crippen molar-refractivity contribution >= 4 is 22.6 Å². The molecule has 3 rings (SSSR count). The predicted molar refractivity (Wildman–Crippen MR) is 92.0 cm³/mol. The second-order valence-corrected chi connectivity index (χ2v) is 5.69. The number of halogens is 3. The standard InChI is InChI=1S/C18H10F3NO7/c1-9(23)27-12-6-7-13-14(8-12)29-17(18(19,20)21)16(15(13)24)28-11-4-2-10(3-5-11)22(25)26/h2-8H,1H3. The van der Waals surface area contributed by atoms with E-state index in [0.717, 1.165) is 43.3 Å². The van der Waals surface area contributed by atoms with Crippen LogP contribution in [-0.4, -0.2) is 10.9 Å². The van der Waals surface area contributed by atoms with E-state index in [2.05, 4.69) is 0 Å². The Morgan fingerprint density at radius 2 is 1.72 bits per heavy atom. The van der Waals surface area contributed by atoms with Crippen LogP contribution in [0, 0.1) is 10.1 Å². The summed E-state index contributed by atoms with van der Waals surface area (Å²) in [5, 5.41) is 10.4. The lowest BCUT2D eigenvalue weighted by molar-refractivity contribution is -0.384. The van der Waals surface area contributed by atoms with Crippen molar-refractivity contribution in [1.29, 1.82) is 0 Å². The second-order valence-electron chi connectivity index (χ2n) is 5.69. The van der Waals surface area contributed by atoms with Crippen molar-refractivity contribution in [3.05, 3.63) is 68.6 Å². The Hall–Kier alpha value is -3.89. The van der Waals surface area contributed by atoms with Crippen LogP contribution in [0.3, 0.4) is 0 Å². The summed E-state index contributed by atoms with van der Waals surface area (Å²) in [6.07, 6.45) is -5.08. The lowest BCUT2D eigenvalue weighted by Crippen LogP contribution is -2.15. The molecule has 1 aromatic heterocycles. The summed E-state index contributed by atoms with van der Waals surface area (Å²) >= 11 is 0. The number of ether oxygens (including phenoxy) is 2. The first kappa shape index (κ1) is 19.9. The fourth-order valence-electron chi connectivity index (χ4n) is 2.42. The molecule has 0 bridgehead atoms. The number of carbonyl (C=O) groups is 1. The van der Waals surface area contributed by atoms with E-state index in [1.807, 2.05) is 0 Å². The summed E-state index contributed by atoms with van der Waals surface area (Å²) < 4.78 is 55.0. The van der Waals surface area contributed by atoms with Gasteiger partial charge in [0.1, 0.15) is 17.1 Å². The van der Waals surface area contributed by atoms with Gasteiger partial charge in [0.2, 0.25) is 11.2 Å². The number of fused-ring (bicyclic) bond motifs is 1. The maximum absolute atomic E-state index is 13.5. The monoisotopic (exact) mass is 409 g/mol. The van der Waals surface area contributed by atoms with Crippen LogP contribution in [-0.2, 0) is 11.0 Å². The first-order chi connectivity index (χ1) is 13.6. The number of nitro groups is 1. The lowest BCUT2D eigenvalue weighted by Gasteiger charge is -2.13. The topological polar surface area (TPSA) is 109 Å². The van der Waals surface area contributed by atoms with Crippen LogP contribution in [0.2, 0.25) is 0 Å². The van der Waals surface area contributed by atoms with Gasteiger partial charge in [0, 0.05) is 25.1 Å². The molecule has 0 aliphatic heterocycles. The molecule has 0 atom stereocenters. The molecular formula is C18H10F3NO7. The van der Waals surface area contributed by atoms with Crippen LogP contribution < -0.4 is 14.9 Å². The highest BCUT2D eigenvalue weighted by molar-refractivity contribution is 5.81. The molecule has 0 N–H and O–H groups in total. The predicted octanol–water partition coefficient (Wildman–Crippen LogP) is 4.44. The van der Waals surface area contributed by atoms with Crippen LogP contribution in [0.15, 0.2) is 51.7 Å². The highest BCUT2D eigenvalue weighted by Gasteiger charge is 2.40. The molecule has 0 fully saturated rings. The van der Waals surface area contributed by atoms with Crippen molar-refractivity contribution in [2.24, 2.45) is 0 Å². The molecule has 2 aromatic carbocycles. The van der Waals surface area contributed by atoms with E-state index in [1.54, 1.807) is 0 Å². The normalized spacial score (nSPS) is 11.3. The van der Waals surface area contributed by atoms with Crippen molar-refractivity contribution in [2.75, 3.05) is 0 Å². The second kappa shape index (κ2) is 7.26. The molecule has 8 nitrogen and oxygen atoms in total. The molecule has 29 heavy (non-hydrogen) atoms. The molecule has 0 amide bonds. The van der Waals surface area contributed by atoms with Crippen molar-refractivity contribution in [1.82, 2.24) is 0 Å². The summed E-state index contributed by atoms with van der Waals surface area (Å²) in [5.41, 5.74) is -1.89. The third-order valence-corrected chi connectivity index (χ3v) is 3.61. The summed E-state index contributed by atoms with van der Waals surface area (Å²) in [7, 11) is 0. The number of hydrogen-bond donors (Lipinski definition) is 0. The number of hydrogen-bond acceptors (Lipinski definition) is 7. The van der Waals surface area contributed by atoms with Crippen LogP contribution in [0.1, 0.15) is 12.7 Å². The van der Waals surface area contributed by atoms with Crippen LogP contribution in [0.4, 0.5) is 18.9 Å². The van der Waals surface area contributed by atoms with Gasteiger partial charge in [-0.2, -0.15) is 13.2 Å². The molecular weight excluding hydrogens is 399 g/mol. The Labute approximate surface area is 159 Å². The molecule has 11 heteroatoms. The maximum atomic E-state index is 13.5. The Morgan fingerprint density at radius 1 is 1.10 bits per heavy atom. The summed E-state index contributed by atoms with van der Waals surface area (Å²) in [5.74, 6) is -3.87. The fraction of sp³-hybridized carbons (Fsp3) is 0.111. The van der Waals surface area contributed by atoms with E-state index in [0.29, 0.717) is 0 Å². The highest BCUT2D eigenvalue weighted by Crippen LogP contribution is 2.38. The highest BCUT2D eigenvalue weighted by atomic mass is 19.4.